The van der Waals surface area contributed by atoms with Crippen molar-refractivity contribution in [2.24, 2.45) is 0 Å². The third-order valence-electron chi connectivity index (χ3n) is 2.16. The van der Waals surface area contributed by atoms with Crippen LogP contribution in [0.25, 0.3) is 0 Å². The molecule has 0 spiro atoms. The van der Waals surface area contributed by atoms with E-state index in [1.807, 2.05) is 13.8 Å². The van der Waals surface area contributed by atoms with Crippen LogP contribution in [0.15, 0.2) is 0 Å². The SMILES string of the molecule is CC.CCCOCCOCCOCCOCCNC(=O)C[O-].[CH3-].[K+]. The molecule has 0 fully saturated rings. The van der Waals surface area contributed by atoms with E-state index >= 15 is 0 Å². The number of hydrogen-bond acceptors (Lipinski definition) is 6. The Labute approximate surface area is 190 Å². The Morgan fingerprint density at radius 3 is 1.58 bits per heavy atom. The molecule has 8 heteroatoms. The largest absolute Gasteiger partial charge is 1.00 e. The molecule has 0 rings (SSSR count). The van der Waals surface area contributed by atoms with Crippen molar-refractivity contribution in [1.82, 2.24) is 5.32 Å². The van der Waals surface area contributed by atoms with E-state index in [9.17, 15) is 9.90 Å². The average molecular weight is 377 g/mol. The fraction of sp³-hybridized carbons (Fsp3) is 0.875. The number of carbonyl (C=O) groups excluding carboxylic acids is 1. The van der Waals surface area contributed by atoms with Gasteiger partial charge in [-0.15, -0.1) is 0 Å². The maximum Gasteiger partial charge on any atom is 1.00 e. The molecule has 0 aliphatic carbocycles. The summed E-state index contributed by atoms with van der Waals surface area (Å²) in [6.45, 7) is 10.00. The van der Waals surface area contributed by atoms with Crippen molar-refractivity contribution in [3.63, 3.8) is 0 Å². The smallest absolute Gasteiger partial charge is 0.848 e. The average Bonchev–Trinajstić information content (AvgIpc) is 2.56. The van der Waals surface area contributed by atoms with Crippen LogP contribution in [0.5, 0.6) is 0 Å². The van der Waals surface area contributed by atoms with Crippen molar-refractivity contribution < 1.29 is 80.2 Å². The van der Waals surface area contributed by atoms with E-state index in [-0.39, 0.29) is 58.8 Å². The molecule has 24 heavy (non-hydrogen) atoms. The fourth-order valence-corrected chi connectivity index (χ4v) is 1.22. The molecule has 0 aromatic heterocycles. The van der Waals surface area contributed by atoms with Gasteiger partial charge in [0, 0.05) is 13.2 Å². The van der Waals surface area contributed by atoms with E-state index in [4.69, 9.17) is 18.9 Å². The summed E-state index contributed by atoms with van der Waals surface area (Å²) in [5.74, 6) is -0.509. The molecule has 1 amide bonds. The minimum Gasteiger partial charge on any atom is -0.848 e. The van der Waals surface area contributed by atoms with Crippen LogP contribution in [-0.4, -0.2) is 71.9 Å². The second kappa shape index (κ2) is 31.7. The summed E-state index contributed by atoms with van der Waals surface area (Å²) < 4.78 is 21.0. The van der Waals surface area contributed by atoms with Crippen LogP contribution in [-0.2, 0) is 23.7 Å². The first-order valence-electron chi connectivity index (χ1n) is 7.97. The van der Waals surface area contributed by atoms with Crippen LogP contribution < -0.4 is 61.8 Å². The summed E-state index contributed by atoms with van der Waals surface area (Å²) >= 11 is 0. The van der Waals surface area contributed by atoms with Gasteiger partial charge in [-0.3, -0.25) is 4.79 Å². The van der Waals surface area contributed by atoms with Gasteiger partial charge in [-0.1, -0.05) is 27.4 Å². The third kappa shape index (κ3) is 30.8. The van der Waals surface area contributed by atoms with Crippen LogP contribution in [0.3, 0.4) is 0 Å². The minimum absolute atomic E-state index is 0. The van der Waals surface area contributed by atoms with Crippen LogP contribution in [0.1, 0.15) is 27.2 Å². The standard InChI is InChI=1S/C13H26NO6.C2H6.CH3.K/c1-2-4-17-6-8-19-10-11-20-9-7-18-5-3-14-13(16)12-15;1-2;;/h2-12H2,1H3,(H,14,16);1-2H3;1H3;/q-1;;-1;+1. The van der Waals surface area contributed by atoms with Gasteiger partial charge in [0.25, 0.3) is 0 Å². The molecule has 0 atom stereocenters. The van der Waals surface area contributed by atoms with Crippen LogP contribution in [0.2, 0.25) is 0 Å². The molecular weight excluding hydrogens is 341 g/mol. The van der Waals surface area contributed by atoms with E-state index in [1.165, 1.54) is 0 Å². The molecule has 0 aromatic rings. The van der Waals surface area contributed by atoms with Gasteiger partial charge < -0.3 is 36.8 Å². The van der Waals surface area contributed by atoms with E-state index in [1.54, 1.807) is 0 Å². The van der Waals surface area contributed by atoms with Gasteiger partial charge >= 0.3 is 51.4 Å². The first-order chi connectivity index (χ1) is 10.8. The second-order valence-corrected chi connectivity index (χ2v) is 3.94. The van der Waals surface area contributed by atoms with E-state index < -0.39 is 12.5 Å². The van der Waals surface area contributed by atoms with Gasteiger partial charge in [-0.05, 0) is 6.42 Å². The van der Waals surface area contributed by atoms with Gasteiger partial charge in [0.1, 0.15) is 0 Å². The minimum atomic E-state index is -0.743. The first kappa shape index (κ1) is 32.6. The van der Waals surface area contributed by atoms with Crippen molar-refractivity contribution in [3.8, 4) is 0 Å². The molecule has 7 nitrogen and oxygen atoms in total. The summed E-state index contributed by atoms with van der Waals surface area (Å²) in [6.07, 6.45) is 1.02. The Kier molecular flexibility index (Phi) is 43.0. The van der Waals surface area contributed by atoms with E-state index in [0.717, 1.165) is 13.0 Å². The summed E-state index contributed by atoms with van der Waals surface area (Å²) in [7, 11) is 0. The topological polar surface area (TPSA) is 89.1 Å². The number of nitrogens with one attached hydrogen (secondary N) is 1. The molecular formula is C16H35KNO6-. The molecule has 0 aliphatic rings. The van der Waals surface area contributed by atoms with Gasteiger partial charge in [0.15, 0.2) is 0 Å². The maximum atomic E-state index is 10.6. The summed E-state index contributed by atoms with van der Waals surface area (Å²) in [5.41, 5.74) is 0. The van der Waals surface area contributed by atoms with Crippen LogP contribution in [0, 0.1) is 7.43 Å². The number of hydrogen-bond donors (Lipinski definition) is 1. The Balaban J connectivity index is -0.000000480. The number of carbonyl (C=O) groups is 1. The monoisotopic (exact) mass is 376 g/mol. The fourth-order valence-electron chi connectivity index (χ4n) is 1.22. The molecule has 0 aliphatic heterocycles. The zero-order valence-electron chi connectivity index (χ0n) is 16.2. The first-order valence-corrected chi connectivity index (χ1v) is 7.97. The van der Waals surface area contributed by atoms with Gasteiger partial charge in [0.2, 0.25) is 5.91 Å². The van der Waals surface area contributed by atoms with Gasteiger partial charge in [-0.25, -0.2) is 0 Å². The maximum absolute atomic E-state index is 10.6. The van der Waals surface area contributed by atoms with Gasteiger partial charge in [0.05, 0.1) is 46.2 Å². The molecule has 142 valence electrons. The Bertz CT molecular complexity index is 223. The van der Waals surface area contributed by atoms with E-state index in [2.05, 4.69) is 12.2 Å². The Morgan fingerprint density at radius 2 is 1.21 bits per heavy atom. The zero-order valence-corrected chi connectivity index (χ0v) is 19.4. The Hall–Kier alpha value is 0.906. The molecule has 0 unspecified atom stereocenters. The van der Waals surface area contributed by atoms with Crippen LogP contribution >= 0.6 is 0 Å². The third-order valence-corrected chi connectivity index (χ3v) is 2.16. The molecule has 1 N–H and O–H groups in total. The molecule has 0 radical (unpaired) electrons. The summed E-state index contributed by atoms with van der Waals surface area (Å²) in [6, 6.07) is 0. The number of ether oxygens (including phenoxy) is 4. The predicted octanol–water partition coefficient (Wildman–Crippen LogP) is -2.58. The molecule has 0 heterocycles. The van der Waals surface area contributed by atoms with Crippen molar-refractivity contribution in [2.75, 3.05) is 66.0 Å². The number of rotatable bonds is 15. The van der Waals surface area contributed by atoms with Crippen molar-refractivity contribution in [2.45, 2.75) is 27.2 Å². The molecule has 0 saturated carbocycles. The summed E-state index contributed by atoms with van der Waals surface area (Å²) in [5, 5.41) is 12.5. The Morgan fingerprint density at radius 1 is 0.833 bits per heavy atom. The molecule has 0 bridgehead atoms. The second-order valence-electron chi connectivity index (χ2n) is 3.94. The number of amides is 1. The van der Waals surface area contributed by atoms with Crippen LogP contribution in [0.4, 0.5) is 0 Å². The molecule has 0 saturated heterocycles. The van der Waals surface area contributed by atoms with Crippen molar-refractivity contribution in [3.05, 3.63) is 7.43 Å². The summed E-state index contributed by atoms with van der Waals surface area (Å²) in [4.78, 5) is 10.6. The molecule has 0 aromatic carbocycles. The predicted molar refractivity (Wildman–Crippen MR) is 89.2 cm³/mol. The normalized spacial score (nSPS) is 9.17. The quantitative estimate of drug-likeness (QED) is 0.192. The zero-order chi connectivity index (χ0) is 16.9. The van der Waals surface area contributed by atoms with Gasteiger partial charge in [-0.2, -0.15) is 0 Å². The van der Waals surface area contributed by atoms with Crippen molar-refractivity contribution >= 4 is 5.91 Å². The van der Waals surface area contributed by atoms with Crippen molar-refractivity contribution in [1.29, 1.82) is 0 Å². The van der Waals surface area contributed by atoms with E-state index in [0.29, 0.717) is 52.8 Å².